The van der Waals surface area contributed by atoms with E-state index in [9.17, 15) is 8.42 Å². The molecule has 148 valence electrons. The third kappa shape index (κ3) is 5.22. The van der Waals surface area contributed by atoms with Crippen LogP contribution in [0.3, 0.4) is 0 Å². The molecule has 0 unspecified atom stereocenters. The van der Waals surface area contributed by atoms with E-state index in [4.69, 9.17) is 9.47 Å². The zero-order chi connectivity index (χ0) is 19.8. The minimum Gasteiger partial charge on any atom is -0.493 e. The average Bonchev–Trinajstić information content (AvgIpc) is 2.73. The van der Waals surface area contributed by atoms with Crippen molar-refractivity contribution in [1.29, 1.82) is 0 Å². The smallest absolute Gasteiger partial charge is 0.240 e. The van der Waals surface area contributed by atoms with Crippen LogP contribution in [0.2, 0.25) is 0 Å². The Morgan fingerprint density at radius 3 is 2.32 bits per heavy atom. The minimum atomic E-state index is -3.53. The number of sulfonamides is 1. The van der Waals surface area contributed by atoms with Gasteiger partial charge < -0.3 is 14.8 Å². The molecule has 0 radical (unpaired) electrons. The van der Waals surface area contributed by atoms with Crippen molar-refractivity contribution < 1.29 is 17.9 Å². The first kappa shape index (κ1) is 20.1. The first-order chi connectivity index (χ1) is 13.6. The molecule has 2 N–H and O–H groups in total. The zero-order valence-corrected chi connectivity index (χ0v) is 16.5. The number of ether oxygens (including phenoxy) is 2. The number of para-hydroxylation sites is 2. The molecular weight excluding hydrogens is 376 g/mol. The second kappa shape index (κ2) is 9.54. The first-order valence-corrected chi connectivity index (χ1v) is 10.5. The predicted molar refractivity (Wildman–Crippen MR) is 110 cm³/mol. The number of methoxy groups -OCH3 is 1. The average molecular weight is 401 g/mol. The van der Waals surface area contributed by atoms with Gasteiger partial charge in [0.25, 0.3) is 0 Å². The maximum absolute atomic E-state index is 12.4. The van der Waals surface area contributed by atoms with Crippen LogP contribution in [0.5, 0.6) is 11.5 Å². The van der Waals surface area contributed by atoms with Crippen molar-refractivity contribution in [3.8, 4) is 11.5 Å². The maximum atomic E-state index is 12.4. The summed E-state index contributed by atoms with van der Waals surface area (Å²) in [7, 11) is -1.93. The van der Waals surface area contributed by atoms with Crippen LogP contribution in [0, 0.1) is 0 Å². The number of nitrogens with one attached hydrogen (secondary N) is 2. The van der Waals surface area contributed by atoms with Crippen LogP contribution in [0.25, 0.3) is 10.8 Å². The molecule has 0 aromatic heterocycles. The Bertz CT molecular complexity index is 1020. The number of hydrogen-bond donors (Lipinski definition) is 2. The van der Waals surface area contributed by atoms with Crippen LogP contribution in [0.4, 0.5) is 0 Å². The van der Waals surface area contributed by atoms with E-state index in [2.05, 4.69) is 10.0 Å². The SMILES string of the molecule is COc1ccccc1OCCNCCNS(=O)(=O)c1ccc2ccccc2c1. The molecule has 0 saturated heterocycles. The van der Waals surface area contributed by atoms with Gasteiger partial charge in [0, 0.05) is 19.6 Å². The van der Waals surface area contributed by atoms with Crippen molar-refractivity contribution in [1.82, 2.24) is 10.0 Å². The lowest BCUT2D eigenvalue weighted by atomic mass is 10.1. The fourth-order valence-corrected chi connectivity index (χ4v) is 3.85. The molecule has 3 rings (SSSR count). The molecule has 3 aromatic carbocycles. The lowest BCUT2D eigenvalue weighted by molar-refractivity contribution is 0.293. The highest BCUT2D eigenvalue weighted by atomic mass is 32.2. The summed E-state index contributed by atoms with van der Waals surface area (Å²) in [6.07, 6.45) is 0. The number of hydrogen-bond acceptors (Lipinski definition) is 5. The fraction of sp³-hybridized carbons (Fsp3) is 0.238. The van der Waals surface area contributed by atoms with Gasteiger partial charge in [-0.3, -0.25) is 0 Å². The summed E-state index contributed by atoms with van der Waals surface area (Å²) in [6.45, 7) is 1.85. The fourth-order valence-electron chi connectivity index (χ4n) is 2.79. The van der Waals surface area contributed by atoms with Gasteiger partial charge in [-0.2, -0.15) is 0 Å². The number of rotatable bonds is 10. The monoisotopic (exact) mass is 400 g/mol. The van der Waals surface area contributed by atoms with Crippen molar-refractivity contribution in [2.24, 2.45) is 0 Å². The van der Waals surface area contributed by atoms with E-state index in [0.717, 1.165) is 10.8 Å². The first-order valence-electron chi connectivity index (χ1n) is 9.05. The van der Waals surface area contributed by atoms with Gasteiger partial charge in [0.05, 0.1) is 12.0 Å². The van der Waals surface area contributed by atoms with Gasteiger partial charge in [0.15, 0.2) is 11.5 Å². The summed E-state index contributed by atoms with van der Waals surface area (Å²) in [5.74, 6) is 1.37. The van der Waals surface area contributed by atoms with Gasteiger partial charge in [-0.1, -0.05) is 42.5 Å². The summed E-state index contributed by atoms with van der Waals surface area (Å²) in [6, 6.07) is 20.2. The predicted octanol–water partition coefficient (Wildman–Crippen LogP) is 2.80. The van der Waals surface area contributed by atoms with Gasteiger partial charge in [-0.15, -0.1) is 0 Å². The Labute approximate surface area is 165 Å². The van der Waals surface area contributed by atoms with Crippen LogP contribution < -0.4 is 19.5 Å². The molecule has 28 heavy (non-hydrogen) atoms. The number of benzene rings is 3. The molecule has 3 aromatic rings. The Balaban J connectivity index is 1.41. The summed E-state index contributed by atoms with van der Waals surface area (Å²) in [4.78, 5) is 0.269. The van der Waals surface area contributed by atoms with Crippen molar-refractivity contribution in [2.45, 2.75) is 4.90 Å². The third-order valence-corrected chi connectivity index (χ3v) is 5.69. The molecule has 0 aliphatic carbocycles. The Morgan fingerprint density at radius 2 is 1.54 bits per heavy atom. The molecule has 0 saturated carbocycles. The lowest BCUT2D eigenvalue weighted by Gasteiger charge is -2.11. The van der Waals surface area contributed by atoms with Crippen LogP contribution in [0.1, 0.15) is 0 Å². The highest BCUT2D eigenvalue weighted by molar-refractivity contribution is 7.89. The summed E-state index contributed by atoms with van der Waals surface area (Å²) in [5.41, 5.74) is 0. The summed E-state index contributed by atoms with van der Waals surface area (Å²) >= 11 is 0. The summed E-state index contributed by atoms with van der Waals surface area (Å²) < 4.78 is 38.4. The maximum Gasteiger partial charge on any atom is 0.240 e. The second-order valence-corrected chi connectivity index (χ2v) is 7.92. The van der Waals surface area contributed by atoms with Gasteiger partial charge >= 0.3 is 0 Å². The van der Waals surface area contributed by atoms with E-state index in [0.29, 0.717) is 37.7 Å². The molecule has 0 heterocycles. The molecule has 0 amide bonds. The van der Waals surface area contributed by atoms with Crippen LogP contribution in [-0.2, 0) is 10.0 Å². The van der Waals surface area contributed by atoms with Gasteiger partial charge in [0.2, 0.25) is 10.0 Å². The standard InChI is InChI=1S/C21H24N2O4S/c1-26-20-8-4-5-9-21(20)27-15-14-22-12-13-23-28(24,25)19-11-10-17-6-2-3-7-18(17)16-19/h2-11,16,22-23H,12-15H2,1H3. The van der Waals surface area contributed by atoms with Crippen LogP contribution in [-0.4, -0.2) is 41.8 Å². The van der Waals surface area contributed by atoms with E-state index in [1.165, 1.54) is 0 Å². The topological polar surface area (TPSA) is 76.7 Å². The van der Waals surface area contributed by atoms with Crippen molar-refractivity contribution >= 4 is 20.8 Å². The zero-order valence-electron chi connectivity index (χ0n) is 15.7. The molecule has 0 aliphatic heterocycles. The highest BCUT2D eigenvalue weighted by Crippen LogP contribution is 2.25. The van der Waals surface area contributed by atoms with Gasteiger partial charge in [0.1, 0.15) is 6.61 Å². The summed E-state index contributed by atoms with van der Waals surface area (Å²) in [5, 5.41) is 5.07. The highest BCUT2D eigenvalue weighted by Gasteiger charge is 2.13. The second-order valence-electron chi connectivity index (χ2n) is 6.16. The Morgan fingerprint density at radius 1 is 0.821 bits per heavy atom. The van der Waals surface area contributed by atoms with E-state index >= 15 is 0 Å². The molecule has 7 heteroatoms. The van der Waals surface area contributed by atoms with E-state index < -0.39 is 10.0 Å². The molecular formula is C21H24N2O4S. The van der Waals surface area contributed by atoms with E-state index in [1.54, 1.807) is 19.2 Å². The number of fused-ring (bicyclic) bond motifs is 1. The Kier molecular flexibility index (Phi) is 6.86. The molecule has 0 bridgehead atoms. The molecule has 0 aliphatic rings. The van der Waals surface area contributed by atoms with Crippen LogP contribution in [0.15, 0.2) is 71.6 Å². The van der Waals surface area contributed by atoms with Crippen molar-refractivity contribution in [3.05, 3.63) is 66.7 Å². The largest absolute Gasteiger partial charge is 0.493 e. The molecule has 6 nitrogen and oxygen atoms in total. The normalized spacial score (nSPS) is 11.5. The molecule has 0 atom stereocenters. The van der Waals surface area contributed by atoms with Crippen molar-refractivity contribution in [3.63, 3.8) is 0 Å². The van der Waals surface area contributed by atoms with Gasteiger partial charge in [-0.25, -0.2) is 13.1 Å². The van der Waals surface area contributed by atoms with Crippen molar-refractivity contribution in [2.75, 3.05) is 33.4 Å². The Hall–Kier alpha value is -2.61. The van der Waals surface area contributed by atoms with Gasteiger partial charge in [-0.05, 0) is 35.0 Å². The third-order valence-electron chi connectivity index (χ3n) is 4.23. The minimum absolute atomic E-state index is 0.269. The molecule has 0 spiro atoms. The quantitative estimate of drug-likeness (QED) is 0.512. The van der Waals surface area contributed by atoms with E-state index in [1.807, 2.05) is 54.6 Å². The van der Waals surface area contributed by atoms with E-state index in [-0.39, 0.29) is 4.90 Å². The molecule has 0 fully saturated rings. The lowest BCUT2D eigenvalue weighted by Crippen LogP contribution is -2.33. The van der Waals surface area contributed by atoms with Crippen LogP contribution >= 0.6 is 0 Å².